The van der Waals surface area contributed by atoms with Gasteiger partial charge in [0.05, 0.1) is 5.60 Å². The minimum atomic E-state index is -0.824. The van der Waals surface area contributed by atoms with Gasteiger partial charge in [-0.15, -0.1) is 0 Å². The van der Waals surface area contributed by atoms with Crippen molar-refractivity contribution in [3.8, 4) is 0 Å². The van der Waals surface area contributed by atoms with E-state index in [2.05, 4.69) is 0 Å². The first-order chi connectivity index (χ1) is 11.3. The molecule has 0 bridgehead atoms. The van der Waals surface area contributed by atoms with Gasteiger partial charge in [-0.25, -0.2) is 0 Å². The fourth-order valence-electron chi connectivity index (χ4n) is 3.21. The summed E-state index contributed by atoms with van der Waals surface area (Å²) in [6, 6.07) is 5.78. The molecule has 1 aromatic carbocycles. The van der Waals surface area contributed by atoms with Crippen LogP contribution in [0.5, 0.6) is 0 Å². The maximum Gasteiger partial charge on any atom is 0.289 e. The van der Waals surface area contributed by atoms with Crippen LogP contribution in [0.4, 0.5) is 0 Å². The highest BCUT2D eigenvalue weighted by Crippen LogP contribution is 2.29. The van der Waals surface area contributed by atoms with Gasteiger partial charge in [0.1, 0.15) is 11.4 Å². The third-order valence-corrected chi connectivity index (χ3v) is 4.70. The number of hydrogen-bond donors (Lipinski definition) is 1. The zero-order valence-corrected chi connectivity index (χ0v) is 14.4. The first-order valence-corrected chi connectivity index (χ1v) is 8.30. The summed E-state index contributed by atoms with van der Waals surface area (Å²) in [5, 5.41) is 11.0. The summed E-state index contributed by atoms with van der Waals surface area (Å²) in [5.41, 5.74) is 1.72. The van der Waals surface area contributed by atoms with Gasteiger partial charge < -0.3 is 19.2 Å². The van der Waals surface area contributed by atoms with Crippen LogP contribution < -0.4 is 0 Å². The molecule has 5 heteroatoms. The lowest BCUT2D eigenvalue weighted by Gasteiger charge is -2.18. The molecule has 3 rings (SSSR count). The van der Waals surface area contributed by atoms with Crippen molar-refractivity contribution in [1.82, 2.24) is 4.90 Å². The number of rotatable bonds is 4. The van der Waals surface area contributed by atoms with Crippen molar-refractivity contribution in [3.63, 3.8) is 0 Å². The van der Waals surface area contributed by atoms with E-state index in [0.29, 0.717) is 43.7 Å². The summed E-state index contributed by atoms with van der Waals surface area (Å²) in [7, 11) is 0. The van der Waals surface area contributed by atoms with Crippen LogP contribution in [0.3, 0.4) is 0 Å². The van der Waals surface area contributed by atoms with Gasteiger partial charge >= 0.3 is 0 Å². The number of likely N-dealkylation sites (tertiary alicyclic amines) is 1. The van der Waals surface area contributed by atoms with Crippen molar-refractivity contribution in [2.75, 3.05) is 13.1 Å². The number of nitrogens with zero attached hydrogens (tertiary/aromatic N) is 1. The monoisotopic (exact) mass is 329 g/mol. The zero-order valence-electron chi connectivity index (χ0n) is 14.4. The van der Waals surface area contributed by atoms with Crippen LogP contribution in [-0.2, 0) is 11.2 Å². The number of furan rings is 1. The molecule has 1 aromatic heterocycles. The summed E-state index contributed by atoms with van der Waals surface area (Å²) >= 11 is 0. The van der Waals surface area contributed by atoms with Crippen LogP contribution >= 0.6 is 0 Å². The first-order valence-electron chi connectivity index (χ1n) is 8.30. The van der Waals surface area contributed by atoms with Crippen LogP contribution in [0.15, 0.2) is 22.6 Å². The number of amides is 1. The minimum absolute atomic E-state index is 0.163. The molecule has 1 aliphatic heterocycles. The second-order valence-electron chi connectivity index (χ2n) is 7.06. The van der Waals surface area contributed by atoms with Crippen molar-refractivity contribution in [1.29, 1.82) is 0 Å². The topological polar surface area (TPSA) is 70.8 Å². The predicted octanol–water partition coefficient (Wildman–Crippen LogP) is 2.86. The Balaban J connectivity index is 1.88. The third-order valence-electron chi connectivity index (χ3n) is 4.70. The van der Waals surface area contributed by atoms with Crippen LogP contribution in [0.1, 0.15) is 48.4 Å². The van der Waals surface area contributed by atoms with Crippen LogP contribution in [0.25, 0.3) is 11.0 Å². The van der Waals surface area contributed by atoms with Gasteiger partial charge in [-0.2, -0.15) is 0 Å². The Labute approximate surface area is 141 Å². The summed E-state index contributed by atoms with van der Waals surface area (Å²) in [6.07, 6.45) is 1.78. The lowest BCUT2D eigenvalue weighted by molar-refractivity contribution is -0.116. The number of carbonyl (C=O) groups is 2. The quantitative estimate of drug-likeness (QED) is 0.936. The molecule has 2 heterocycles. The highest BCUT2D eigenvalue weighted by molar-refractivity contribution is 5.99. The number of carbonyl (C=O) groups excluding carboxylic acids is 2. The van der Waals surface area contributed by atoms with E-state index in [1.54, 1.807) is 18.7 Å². The zero-order chi connectivity index (χ0) is 17.5. The van der Waals surface area contributed by atoms with E-state index in [1.807, 2.05) is 25.1 Å². The Bertz CT molecular complexity index is 803. The highest BCUT2D eigenvalue weighted by Gasteiger charge is 2.36. The number of aliphatic hydroxyl groups is 1. The smallest absolute Gasteiger partial charge is 0.289 e. The van der Waals surface area contributed by atoms with Crippen molar-refractivity contribution < 1.29 is 19.1 Å². The lowest BCUT2D eigenvalue weighted by Crippen LogP contribution is -2.33. The number of β-amino-alcohol motifs (C(OH)–C–C–N with tert-alkyl or cyclic N) is 1. The largest absolute Gasteiger partial charge is 0.451 e. The highest BCUT2D eigenvalue weighted by atomic mass is 16.3. The second-order valence-corrected chi connectivity index (χ2v) is 7.06. The molecule has 24 heavy (non-hydrogen) atoms. The molecule has 1 N–H and O–H groups in total. The average Bonchev–Trinajstić information content (AvgIpc) is 3.05. The molecular formula is C19H23NO4. The maximum atomic E-state index is 12.7. The standard InChI is InChI=1S/C19H23NO4/c1-12(21)4-5-14-6-7-16-15(10-14)13(2)17(24-16)18(22)20-9-8-19(3,23)11-20/h6-7,10,23H,4-5,8-9,11H2,1-3H3. The number of Topliss-reactive ketones (excluding diaryl/α,β-unsaturated/α-hetero) is 1. The Kier molecular flexibility index (Phi) is 4.22. The van der Waals surface area contributed by atoms with Gasteiger partial charge in [0.15, 0.2) is 5.76 Å². The molecule has 0 spiro atoms. The molecule has 128 valence electrons. The molecule has 0 aliphatic carbocycles. The molecule has 1 saturated heterocycles. The third kappa shape index (κ3) is 3.22. The number of benzene rings is 1. The van der Waals surface area contributed by atoms with Crippen molar-refractivity contribution in [2.24, 2.45) is 0 Å². The molecular weight excluding hydrogens is 306 g/mol. The average molecular weight is 329 g/mol. The predicted molar refractivity (Wildman–Crippen MR) is 91.1 cm³/mol. The molecule has 1 atom stereocenters. The molecule has 2 aromatic rings. The van der Waals surface area contributed by atoms with Crippen LogP contribution in [-0.4, -0.2) is 40.4 Å². The molecule has 1 aliphatic rings. The normalized spacial score (nSPS) is 20.8. The van der Waals surface area contributed by atoms with Gasteiger partial charge in [0, 0.05) is 30.5 Å². The Morgan fingerprint density at radius 1 is 1.38 bits per heavy atom. The van der Waals surface area contributed by atoms with E-state index in [-0.39, 0.29) is 11.7 Å². The molecule has 0 saturated carbocycles. The summed E-state index contributed by atoms with van der Waals surface area (Å²) in [6.45, 7) is 6.07. The summed E-state index contributed by atoms with van der Waals surface area (Å²) in [5.74, 6) is 0.328. The fraction of sp³-hybridized carbons (Fsp3) is 0.474. The van der Waals surface area contributed by atoms with E-state index in [4.69, 9.17) is 4.42 Å². The number of aryl methyl sites for hydroxylation is 2. The minimum Gasteiger partial charge on any atom is -0.451 e. The maximum absolute atomic E-state index is 12.7. The van der Waals surface area contributed by atoms with Gasteiger partial charge in [-0.3, -0.25) is 4.79 Å². The molecule has 1 amide bonds. The molecule has 1 unspecified atom stereocenters. The van der Waals surface area contributed by atoms with Gasteiger partial charge in [-0.1, -0.05) is 6.07 Å². The van der Waals surface area contributed by atoms with E-state index < -0.39 is 5.60 Å². The van der Waals surface area contributed by atoms with Crippen molar-refractivity contribution in [2.45, 2.75) is 45.6 Å². The number of hydrogen-bond acceptors (Lipinski definition) is 4. The van der Waals surface area contributed by atoms with E-state index in [9.17, 15) is 14.7 Å². The Morgan fingerprint density at radius 3 is 2.75 bits per heavy atom. The SMILES string of the molecule is CC(=O)CCc1ccc2oc(C(=O)N3CCC(C)(O)C3)c(C)c2c1. The van der Waals surface area contributed by atoms with Gasteiger partial charge in [0.25, 0.3) is 5.91 Å². The van der Waals surface area contributed by atoms with E-state index >= 15 is 0 Å². The molecule has 0 radical (unpaired) electrons. The first kappa shape index (κ1) is 16.7. The second kappa shape index (κ2) is 6.06. The van der Waals surface area contributed by atoms with E-state index in [0.717, 1.165) is 16.5 Å². The Hall–Kier alpha value is -2.14. The van der Waals surface area contributed by atoms with Gasteiger partial charge in [0.2, 0.25) is 0 Å². The van der Waals surface area contributed by atoms with Crippen molar-refractivity contribution >= 4 is 22.7 Å². The summed E-state index contributed by atoms with van der Waals surface area (Å²) in [4.78, 5) is 25.5. The van der Waals surface area contributed by atoms with E-state index in [1.165, 1.54) is 0 Å². The molecule has 1 fully saturated rings. The number of fused-ring (bicyclic) bond motifs is 1. The number of ketones is 1. The van der Waals surface area contributed by atoms with Crippen LogP contribution in [0.2, 0.25) is 0 Å². The lowest BCUT2D eigenvalue weighted by atomic mass is 10.0. The molecule has 5 nitrogen and oxygen atoms in total. The van der Waals surface area contributed by atoms with Crippen molar-refractivity contribution in [3.05, 3.63) is 35.1 Å². The fourth-order valence-corrected chi connectivity index (χ4v) is 3.21. The van der Waals surface area contributed by atoms with Gasteiger partial charge in [-0.05, 0) is 51.3 Å². The van der Waals surface area contributed by atoms with Crippen LogP contribution in [0, 0.1) is 6.92 Å². The summed E-state index contributed by atoms with van der Waals surface area (Å²) < 4.78 is 5.78. The Morgan fingerprint density at radius 2 is 2.12 bits per heavy atom.